The second-order valence-electron chi connectivity index (χ2n) is 15.4. The predicted molar refractivity (Wildman–Crippen MR) is 188 cm³/mol. The fourth-order valence-electron chi connectivity index (χ4n) is 10.6. The van der Waals surface area contributed by atoms with E-state index in [1.54, 1.807) is 29.1 Å². The van der Waals surface area contributed by atoms with Crippen LogP contribution in [0.3, 0.4) is 0 Å². The monoisotopic (exact) mass is 733 g/mol. The number of nitrogens with zero attached hydrogens (tertiary/aromatic N) is 4. The molecule has 0 unspecified atom stereocenters. The predicted octanol–water partition coefficient (Wildman–Crippen LogP) is 3.92. The number of allylic oxidation sites excluding steroid dienone is 1. The van der Waals surface area contributed by atoms with Crippen LogP contribution >= 0.6 is 11.8 Å². The van der Waals surface area contributed by atoms with Crippen molar-refractivity contribution in [2.75, 3.05) is 26.0 Å². The number of thioether (sulfide) groups is 1. The molecule has 2 amide bonds. The summed E-state index contributed by atoms with van der Waals surface area (Å²) in [4.78, 5) is 53.7. The Morgan fingerprint density at radius 2 is 1.98 bits per heavy atom. The molecule has 3 N–H and O–H groups in total. The van der Waals surface area contributed by atoms with E-state index >= 15 is 4.39 Å². The Labute approximate surface area is 305 Å². The van der Waals surface area contributed by atoms with E-state index in [4.69, 9.17) is 15.2 Å². The van der Waals surface area contributed by atoms with Gasteiger partial charge in [-0.1, -0.05) is 37.2 Å². The van der Waals surface area contributed by atoms with Gasteiger partial charge in [0.2, 0.25) is 11.0 Å². The van der Waals surface area contributed by atoms with E-state index in [2.05, 4.69) is 5.10 Å². The number of benzene rings is 1. The SMILES string of the molecule is COCC(=O)O[C@]1(C(=O)SCC#N)CC[C@H]2[C@@H]3CCC4=Cc5c(cnn5-c5cccc(C(=O)N6CCC[C@@H]6C(N)=O)c5)C[C@]4(C)[C@@]3(F)[C@@H](O)C[C@@]21C. The first kappa shape index (κ1) is 36.3. The molecule has 14 heteroatoms. The van der Waals surface area contributed by atoms with Crippen molar-refractivity contribution in [2.45, 2.75) is 88.6 Å². The van der Waals surface area contributed by atoms with Gasteiger partial charge in [0.15, 0.2) is 5.60 Å². The maximum atomic E-state index is 18.3. The number of carbonyl (C=O) groups is 4. The zero-order chi connectivity index (χ0) is 37.2. The van der Waals surface area contributed by atoms with Gasteiger partial charge in [-0.3, -0.25) is 14.4 Å². The van der Waals surface area contributed by atoms with Crippen LogP contribution in [0.5, 0.6) is 0 Å². The average Bonchev–Trinajstić information content (AvgIpc) is 3.83. The van der Waals surface area contributed by atoms with Crippen LogP contribution in [0.4, 0.5) is 4.39 Å². The van der Waals surface area contributed by atoms with Gasteiger partial charge in [0.1, 0.15) is 18.3 Å². The maximum Gasteiger partial charge on any atom is 0.333 e. The molecule has 4 aliphatic carbocycles. The fourth-order valence-corrected chi connectivity index (χ4v) is 11.4. The number of nitriles is 1. The minimum atomic E-state index is -2.06. The Morgan fingerprint density at radius 3 is 2.71 bits per heavy atom. The summed E-state index contributed by atoms with van der Waals surface area (Å²) in [5.74, 6) is -2.66. The van der Waals surface area contributed by atoms with Crippen LogP contribution in [0.25, 0.3) is 11.8 Å². The smallest absolute Gasteiger partial charge is 0.333 e. The third-order valence-corrected chi connectivity index (χ3v) is 13.9. The highest BCUT2D eigenvalue weighted by atomic mass is 32.2. The Kier molecular flexibility index (Phi) is 9.15. The van der Waals surface area contributed by atoms with Crippen LogP contribution in [0.15, 0.2) is 36.0 Å². The molecule has 2 heterocycles. The highest BCUT2D eigenvalue weighted by molar-refractivity contribution is 8.14. The van der Waals surface area contributed by atoms with Crippen LogP contribution in [0.2, 0.25) is 0 Å². The minimum Gasteiger partial charge on any atom is -0.448 e. The van der Waals surface area contributed by atoms with Crippen LogP contribution in [0, 0.1) is 34.0 Å². The summed E-state index contributed by atoms with van der Waals surface area (Å²) in [6.45, 7) is 3.78. The van der Waals surface area contributed by atoms with Crippen LogP contribution in [0.1, 0.15) is 80.4 Å². The summed E-state index contributed by atoms with van der Waals surface area (Å²) in [7, 11) is 1.35. The number of fused-ring (bicyclic) bond motifs is 6. The second kappa shape index (κ2) is 13.1. The van der Waals surface area contributed by atoms with E-state index in [1.165, 1.54) is 12.0 Å². The topological polar surface area (TPSA) is 178 Å². The normalized spacial score (nSPS) is 34.6. The molecule has 52 heavy (non-hydrogen) atoms. The first-order valence-corrected chi connectivity index (χ1v) is 18.8. The number of hydrogen-bond acceptors (Lipinski definition) is 10. The molecule has 3 saturated carbocycles. The van der Waals surface area contributed by atoms with Crippen molar-refractivity contribution in [3.05, 3.63) is 52.9 Å². The van der Waals surface area contributed by atoms with Crippen LogP contribution in [-0.4, -0.2) is 92.1 Å². The summed E-state index contributed by atoms with van der Waals surface area (Å²) in [6.07, 6.45) is 5.16. The first-order chi connectivity index (χ1) is 24.8. The third-order valence-electron chi connectivity index (χ3n) is 13.0. The molecule has 4 fully saturated rings. The van der Waals surface area contributed by atoms with E-state index in [9.17, 15) is 29.5 Å². The number of hydrogen-bond donors (Lipinski definition) is 2. The Morgan fingerprint density at radius 1 is 1.19 bits per heavy atom. The van der Waals surface area contributed by atoms with E-state index in [1.807, 2.05) is 32.1 Å². The molecule has 5 aliphatic rings. The first-order valence-electron chi connectivity index (χ1n) is 17.9. The third kappa shape index (κ3) is 5.17. The molecule has 1 saturated heterocycles. The lowest BCUT2D eigenvalue weighted by atomic mass is 9.44. The quantitative estimate of drug-likeness (QED) is 0.378. The van der Waals surface area contributed by atoms with E-state index in [0.29, 0.717) is 49.9 Å². The van der Waals surface area contributed by atoms with Gasteiger partial charge in [0.05, 0.1) is 35.5 Å². The number of esters is 1. The molecule has 2 aromatic rings. The molecular weight excluding hydrogens is 690 g/mol. The maximum absolute atomic E-state index is 18.3. The number of primary amides is 1. The van der Waals surface area contributed by atoms with E-state index in [-0.39, 0.29) is 43.4 Å². The van der Waals surface area contributed by atoms with Gasteiger partial charge in [-0.05, 0) is 87.1 Å². The highest BCUT2D eigenvalue weighted by Crippen LogP contribution is 2.71. The van der Waals surface area contributed by atoms with Gasteiger partial charge < -0.3 is 25.2 Å². The van der Waals surface area contributed by atoms with Crippen molar-refractivity contribution < 1.29 is 38.1 Å². The number of carbonyl (C=O) groups excluding carboxylic acids is 4. The van der Waals surface area contributed by atoms with Gasteiger partial charge in [-0.2, -0.15) is 10.4 Å². The van der Waals surface area contributed by atoms with Crippen LogP contribution < -0.4 is 5.73 Å². The minimum absolute atomic E-state index is 0.104. The number of aliphatic hydroxyl groups excluding tert-OH is 1. The second-order valence-corrected chi connectivity index (χ2v) is 16.4. The Bertz CT molecular complexity index is 1910. The lowest BCUT2D eigenvalue weighted by molar-refractivity contribution is -0.229. The number of halogens is 1. The molecule has 0 bridgehead atoms. The molecule has 0 radical (unpaired) electrons. The van der Waals surface area contributed by atoms with Crippen molar-refractivity contribution in [3.8, 4) is 11.8 Å². The van der Waals surface area contributed by atoms with Crippen LogP contribution in [-0.2, 0) is 30.3 Å². The Hall–Kier alpha value is -4.06. The molecule has 1 aromatic carbocycles. The van der Waals surface area contributed by atoms with Gasteiger partial charge in [-0.15, -0.1) is 0 Å². The summed E-state index contributed by atoms with van der Waals surface area (Å²) in [5, 5.41) is 25.5. The number of rotatable bonds is 8. The van der Waals surface area contributed by atoms with Crippen molar-refractivity contribution in [3.63, 3.8) is 0 Å². The Balaban J connectivity index is 1.20. The molecule has 12 nitrogen and oxygen atoms in total. The number of aromatic nitrogens is 2. The van der Waals surface area contributed by atoms with Gasteiger partial charge in [-0.25, -0.2) is 13.9 Å². The standard InChI is InChI=1S/C38H44FN5O7S/c1-35-18-23-20-42-44(25-7-4-6-22(16-25)33(48)43-14-5-8-28(43)32(41)47)29(23)17-24(35)9-10-27-26-11-12-37(34(49)52-15-13-40,51-31(46)21-50-3)36(26,2)19-30(45)38(27,35)39/h4,6-7,16-17,20,26-28,30,45H,5,8-12,14-15,18-19,21H2,1-3H3,(H2,41,47)/t26-,27-,28+,30-,35-,36-,37-,38-/m0/s1. The van der Waals surface area contributed by atoms with Crippen molar-refractivity contribution in [1.82, 2.24) is 14.7 Å². The number of amides is 2. The number of aliphatic hydroxyl groups is 1. The molecule has 8 atom stereocenters. The van der Waals surface area contributed by atoms with Crippen molar-refractivity contribution in [2.24, 2.45) is 28.4 Å². The molecule has 1 aliphatic heterocycles. The summed E-state index contributed by atoms with van der Waals surface area (Å²) < 4.78 is 31.0. The summed E-state index contributed by atoms with van der Waals surface area (Å²) in [6, 6.07) is 8.37. The number of likely N-dealkylation sites (tertiary alicyclic amines) is 1. The molecule has 276 valence electrons. The number of ether oxygens (including phenoxy) is 2. The lowest BCUT2D eigenvalue weighted by Crippen LogP contribution is -2.70. The summed E-state index contributed by atoms with van der Waals surface area (Å²) in [5.41, 5.74) is 3.18. The van der Waals surface area contributed by atoms with E-state index < -0.39 is 57.2 Å². The van der Waals surface area contributed by atoms with E-state index in [0.717, 1.165) is 28.6 Å². The molecule has 1 aromatic heterocycles. The average molecular weight is 734 g/mol. The number of nitrogens with two attached hydrogens (primary N) is 1. The van der Waals surface area contributed by atoms with Gasteiger partial charge >= 0.3 is 5.97 Å². The largest absolute Gasteiger partial charge is 0.448 e. The molecule has 7 rings (SSSR count). The zero-order valence-electron chi connectivity index (χ0n) is 29.6. The van der Waals surface area contributed by atoms with Crippen molar-refractivity contribution in [1.29, 1.82) is 5.26 Å². The summed E-state index contributed by atoms with van der Waals surface area (Å²) >= 11 is 0.785. The molecular formula is C38H44FN5O7S. The van der Waals surface area contributed by atoms with Gasteiger partial charge in [0.25, 0.3) is 5.91 Å². The van der Waals surface area contributed by atoms with Crippen molar-refractivity contribution >= 4 is 40.7 Å². The highest BCUT2D eigenvalue weighted by Gasteiger charge is 2.76. The molecule has 0 spiro atoms. The zero-order valence-corrected chi connectivity index (χ0v) is 30.4. The van der Waals surface area contributed by atoms with Gasteiger partial charge in [0, 0.05) is 36.0 Å². The lowest BCUT2D eigenvalue weighted by Gasteiger charge is -2.63. The fraction of sp³-hybridized carbons (Fsp3) is 0.579. The number of alkyl halides is 1. The number of methoxy groups -OCH3 is 1.